The number of aromatic nitrogens is 2. The molecule has 0 aliphatic rings. The van der Waals surface area contributed by atoms with Crippen LogP contribution in [-0.2, 0) is 11.2 Å². The van der Waals surface area contributed by atoms with Crippen LogP contribution in [-0.4, -0.2) is 21.8 Å². The maximum atomic E-state index is 11.9. The van der Waals surface area contributed by atoms with Gasteiger partial charge in [-0.25, -0.2) is 4.98 Å². The molecule has 98 valence electrons. The molecule has 2 aromatic rings. The molecule has 0 atom stereocenters. The minimum absolute atomic E-state index is 0.0533. The van der Waals surface area contributed by atoms with Crippen LogP contribution in [0.15, 0.2) is 23.7 Å². The minimum Gasteiger partial charge on any atom is -0.369 e. The summed E-state index contributed by atoms with van der Waals surface area (Å²) >= 11 is 6.24. The van der Waals surface area contributed by atoms with Crippen molar-refractivity contribution in [1.29, 1.82) is 0 Å². The predicted molar refractivity (Wildman–Crippen MR) is 74.6 cm³/mol. The number of nitrogens with one attached hydrogen (secondary N) is 2. The maximum absolute atomic E-state index is 11.9. The zero-order chi connectivity index (χ0) is 13.8. The predicted octanol–water partition coefficient (Wildman–Crippen LogP) is 1.48. The summed E-state index contributed by atoms with van der Waals surface area (Å²) in [6.45, 7) is 0. The molecule has 6 nitrogen and oxygen atoms in total. The summed E-state index contributed by atoms with van der Waals surface area (Å²) in [5.41, 5.74) is 5.96. The smallest absolute Gasteiger partial charge is 0.260 e. The van der Waals surface area contributed by atoms with Gasteiger partial charge >= 0.3 is 0 Å². The molecular weight excluding hydrogens is 284 g/mol. The number of carbonyl (C=O) groups is 2. The minimum atomic E-state index is -0.464. The Balaban J connectivity index is 2.11. The van der Waals surface area contributed by atoms with Gasteiger partial charge in [0.05, 0.1) is 17.7 Å². The normalized spacial score (nSPS) is 10.1. The van der Waals surface area contributed by atoms with E-state index in [1.165, 1.54) is 11.3 Å². The number of thiazole rings is 1. The molecule has 2 amide bonds. The Morgan fingerprint density at radius 1 is 1.53 bits per heavy atom. The van der Waals surface area contributed by atoms with E-state index in [0.717, 1.165) is 0 Å². The SMILES string of the molecule is NC(=O)Cc1csc(NC(=O)c2ccc[nH]c2=S)n1. The van der Waals surface area contributed by atoms with E-state index in [2.05, 4.69) is 15.3 Å². The molecule has 0 saturated heterocycles. The van der Waals surface area contributed by atoms with Gasteiger partial charge in [-0.05, 0) is 12.1 Å². The summed E-state index contributed by atoms with van der Waals surface area (Å²) in [6.07, 6.45) is 1.70. The molecule has 19 heavy (non-hydrogen) atoms. The second-order valence-corrected chi connectivity index (χ2v) is 4.92. The van der Waals surface area contributed by atoms with Crippen molar-refractivity contribution < 1.29 is 9.59 Å². The lowest BCUT2D eigenvalue weighted by Crippen LogP contribution is -2.15. The Morgan fingerprint density at radius 3 is 3.00 bits per heavy atom. The van der Waals surface area contributed by atoms with Crippen LogP contribution in [0.3, 0.4) is 0 Å². The Kier molecular flexibility index (Phi) is 4.03. The van der Waals surface area contributed by atoms with Gasteiger partial charge < -0.3 is 10.7 Å². The molecule has 8 heteroatoms. The summed E-state index contributed by atoms with van der Waals surface area (Å²) < 4.78 is 0.355. The van der Waals surface area contributed by atoms with Gasteiger partial charge in [0.1, 0.15) is 4.64 Å². The molecule has 0 aromatic carbocycles. The number of amides is 2. The Hall–Kier alpha value is -2.06. The first-order valence-electron chi connectivity index (χ1n) is 5.28. The lowest BCUT2D eigenvalue weighted by Gasteiger charge is -2.01. The van der Waals surface area contributed by atoms with E-state index in [0.29, 0.717) is 21.0 Å². The van der Waals surface area contributed by atoms with Crippen LogP contribution in [0.2, 0.25) is 0 Å². The molecule has 2 aromatic heterocycles. The largest absolute Gasteiger partial charge is 0.369 e. The molecule has 0 saturated carbocycles. The van der Waals surface area contributed by atoms with Gasteiger partial charge in [-0.1, -0.05) is 12.2 Å². The number of nitrogens with zero attached hydrogens (tertiary/aromatic N) is 1. The third kappa shape index (κ3) is 3.46. The Bertz CT molecular complexity index is 677. The molecule has 0 bridgehead atoms. The van der Waals surface area contributed by atoms with Gasteiger partial charge in [-0.3, -0.25) is 14.9 Å². The van der Waals surface area contributed by atoms with E-state index >= 15 is 0 Å². The van der Waals surface area contributed by atoms with Crippen molar-refractivity contribution in [2.24, 2.45) is 5.73 Å². The molecular formula is C11H10N4O2S2. The highest BCUT2D eigenvalue weighted by molar-refractivity contribution is 7.71. The third-order valence-corrected chi connectivity index (χ3v) is 3.33. The molecule has 0 aliphatic carbocycles. The first-order chi connectivity index (χ1) is 9.06. The molecule has 0 fully saturated rings. The maximum Gasteiger partial charge on any atom is 0.260 e. The first kappa shape index (κ1) is 13.4. The van der Waals surface area contributed by atoms with Crippen LogP contribution < -0.4 is 11.1 Å². The summed E-state index contributed by atoms with van der Waals surface area (Å²) in [4.78, 5) is 29.6. The van der Waals surface area contributed by atoms with Gasteiger partial charge in [0.2, 0.25) is 5.91 Å². The molecule has 2 heterocycles. The van der Waals surface area contributed by atoms with E-state index in [4.69, 9.17) is 18.0 Å². The zero-order valence-corrected chi connectivity index (χ0v) is 11.3. The van der Waals surface area contributed by atoms with Crippen molar-refractivity contribution in [2.45, 2.75) is 6.42 Å². The molecule has 0 unspecified atom stereocenters. The number of carbonyl (C=O) groups excluding carboxylic acids is 2. The topological polar surface area (TPSA) is 101 Å². The zero-order valence-electron chi connectivity index (χ0n) is 9.67. The van der Waals surface area contributed by atoms with Crippen LogP contribution in [0.25, 0.3) is 0 Å². The number of nitrogens with two attached hydrogens (primary N) is 1. The van der Waals surface area contributed by atoms with Crippen molar-refractivity contribution in [3.05, 3.63) is 39.6 Å². The number of hydrogen-bond acceptors (Lipinski definition) is 5. The van der Waals surface area contributed by atoms with Gasteiger partial charge in [-0.15, -0.1) is 11.3 Å². The Labute approximate surface area is 117 Å². The summed E-state index contributed by atoms with van der Waals surface area (Å²) in [5, 5.41) is 4.70. The standard InChI is InChI=1S/C11H10N4O2S2/c12-8(16)4-6-5-19-11(14-6)15-9(17)7-2-1-3-13-10(7)18/h1-3,5H,4H2,(H2,12,16)(H,13,18)(H,14,15,17). The van der Waals surface area contributed by atoms with Gasteiger partial charge in [0.15, 0.2) is 5.13 Å². The lowest BCUT2D eigenvalue weighted by molar-refractivity contribution is -0.117. The fourth-order valence-electron chi connectivity index (χ4n) is 1.39. The number of aromatic amines is 1. The number of H-pyrrole nitrogens is 1. The molecule has 0 spiro atoms. The molecule has 0 radical (unpaired) electrons. The Morgan fingerprint density at radius 2 is 2.32 bits per heavy atom. The van der Waals surface area contributed by atoms with Crippen molar-refractivity contribution in [2.75, 3.05) is 5.32 Å². The molecule has 0 aliphatic heterocycles. The average Bonchev–Trinajstić information content (AvgIpc) is 2.76. The van der Waals surface area contributed by atoms with Gasteiger partial charge in [0, 0.05) is 11.6 Å². The third-order valence-electron chi connectivity index (χ3n) is 2.19. The fourth-order valence-corrected chi connectivity index (χ4v) is 2.32. The second-order valence-electron chi connectivity index (χ2n) is 3.65. The van der Waals surface area contributed by atoms with Crippen LogP contribution in [0.4, 0.5) is 5.13 Å². The van der Waals surface area contributed by atoms with E-state index in [9.17, 15) is 9.59 Å². The number of rotatable bonds is 4. The fraction of sp³-hybridized carbons (Fsp3) is 0.0909. The van der Waals surface area contributed by atoms with E-state index in [-0.39, 0.29) is 12.3 Å². The average molecular weight is 294 g/mol. The van der Waals surface area contributed by atoms with Crippen LogP contribution >= 0.6 is 23.6 Å². The number of anilines is 1. The van der Waals surface area contributed by atoms with E-state index in [1.54, 1.807) is 23.7 Å². The van der Waals surface area contributed by atoms with Crippen LogP contribution in [0, 0.1) is 4.64 Å². The van der Waals surface area contributed by atoms with Crippen molar-refractivity contribution in [3.8, 4) is 0 Å². The second kappa shape index (κ2) is 5.72. The molecule has 4 N–H and O–H groups in total. The van der Waals surface area contributed by atoms with Gasteiger partial charge in [0.25, 0.3) is 5.91 Å². The molecule has 2 rings (SSSR count). The van der Waals surface area contributed by atoms with Crippen molar-refractivity contribution in [1.82, 2.24) is 9.97 Å². The monoisotopic (exact) mass is 294 g/mol. The highest BCUT2D eigenvalue weighted by atomic mass is 32.1. The quantitative estimate of drug-likeness (QED) is 0.743. The van der Waals surface area contributed by atoms with Crippen molar-refractivity contribution in [3.63, 3.8) is 0 Å². The van der Waals surface area contributed by atoms with Gasteiger partial charge in [-0.2, -0.15) is 0 Å². The van der Waals surface area contributed by atoms with E-state index < -0.39 is 5.91 Å². The number of primary amides is 1. The van der Waals surface area contributed by atoms with Crippen LogP contribution in [0.5, 0.6) is 0 Å². The van der Waals surface area contributed by atoms with Crippen LogP contribution in [0.1, 0.15) is 16.1 Å². The van der Waals surface area contributed by atoms with Crippen molar-refractivity contribution >= 4 is 40.5 Å². The summed E-state index contributed by atoms with van der Waals surface area (Å²) in [7, 11) is 0. The highest BCUT2D eigenvalue weighted by Gasteiger charge is 2.11. The van der Waals surface area contributed by atoms with E-state index in [1.807, 2.05) is 0 Å². The number of hydrogen-bond donors (Lipinski definition) is 3. The summed E-state index contributed by atoms with van der Waals surface area (Å²) in [5.74, 6) is -0.810. The highest BCUT2D eigenvalue weighted by Crippen LogP contribution is 2.16. The summed E-state index contributed by atoms with van der Waals surface area (Å²) in [6, 6.07) is 3.30. The lowest BCUT2D eigenvalue weighted by atomic mass is 10.3. The number of pyridine rings is 1. The first-order valence-corrected chi connectivity index (χ1v) is 6.57.